The van der Waals surface area contributed by atoms with E-state index in [1.54, 1.807) is 13.0 Å². The van der Waals surface area contributed by atoms with Crippen molar-refractivity contribution in [1.82, 2.24) is 15.3 Å². The quantitative estimate of drug-likeness (QED) is 0.815. The smallest absolute Gasteiger partial charge is 0.348 e. The average Bonchev–Trinajstić information content (AvgIpc) is 2.62. The molecule has 0 unspecified atom stereocenters. The third kappa shape index (κ3) is 5.18. The molecule has 1 aliphatic carbocycles. The van der Waals surface area contributed by atoms with E-state index in [-0.39, 0.29) is 23.6 Å². The minimum Gasteiger partial charge on any atom is -0.348 e. The molecule has 1 heterocycles. The molecule has 8 heteroatoms. The Labute approximate surface area is 155 Å². The van der Waals surface area contributed by atoms with E-state index >= 15 is 0 Å². The lowest BCUT2D eigenvalue weighted by atomic mass is 9.95. The Kier molecular flexibility index (Phi) is 5.62. The van der Waals surface area contributed by atoms with Gasteiger partial charge in [-0.3, -0.25) is 4.79 Å². The summed E-state index contributed by atoms with van der Waals surface area (Å²) in [7, 11) is 0. The fourth-order valence-electron chi connectivity index (χ4n) is 3.12. The molecule has 0 atom stereocenters. The van der Waals surface area contributed by atoms with E-state index in [1.165, 1.54) is 18.6 Å². The summed E-state index contributed by atoms with van der Waals surface area (Å²) in [6.07, 6.45) is 0.949. The minimum atomic E-state index is -4.39. The van der Waals surface area contributed by atoms with Crippen molar-refractivity contribution in [3.8, 4) is 0 Å². The largest absolute Gasteiger partial charge is 0.416 e. The Morgan fingerprint density at radius 2 is 1.74 bits per heavy atom. The van der Waals surface area contributed by atoms with Gasteiger partial charge in [-0.15, -0.1) is 0 Å². The summed E-state index contributed by atoms with van der Waals surface area (Å²) in [5, 5.41) is 5.85. The lowest BCUT2D eigenvalue weighted by Gasteiger charge is -2.22. The third-order valence-electron chi connectivity index (χ3n) is 4.50. The van der Waals surface area contributed by atoms with Crippen LogP contribution in [0.4, 0.5) is 24.8 Å². The number of amides is 1. The SMILES string of the molecule is Cc1cc(C(=O)NC2CCCCC2)nc(Nc2ccc(C(F)(F)F)cc2)n1. The van der Waals surface area contributed by atoms with Crippen LogP contribution in [0.2, 0.25) is 0 Å². The highest BCUT2D eigenvalue weighted by molar-refractivity contribution is 5.92. The fourth-order valence-corrected chi connectivity index (χ4v) is 3.12. The topological polar surface area (TPSA) is 66.9 Å². The van der Waals surface area contributed by atoms with Crippen LogP contribution in [0.15, 0.2) is 30.3 Å². The van der Waals surface area contributed by atoms with E-state index in [0.29, 0.717) is 11.4 Å². The molecule has 0 aliphatic heterocycles. The molecule has 5 nitrogen and oxygen atoms in total. The van der Waals surface area contributed by atoms with Gasteiger partial charge in [-0.1, -0.05) is 19.3 Å². The number of carbonyl (C=O) groups is 1. The van der Waals surface area contributed by atoms with Gasteiger partial charge in [0, 0.05) is 17.4 Å². The first kappa shape index (κ1) is 19.1. The zero-order valence-electron chi connectivity index (χ0n) is 14.9. The summed E-state index contributed by atoms with van der Waals surface area (Å²) in [5.41, 5.74) is 0.508. The lowest BCUT2D eigenvalue weighted by molar-refractivity contribution is -0.137. The first-order valence-corrected chi connectivity index (χ1v) is 8.92. The molecule has 1 aromatic heterocycles. The molecule has 2 aromatic rings. The maximum Gasteiger partial charge on any atom is 0.416 e. The van der Waals surface area contributed by atoms with Crippen molar-refractivity contribution in [2.24, 2.45) is 0 Å². The third-order valence-corrected chi connectivity index (χ3v) is 4.50. The predicted octanol–water partition coefficient (Wildman–Crippen LogP) is 4.61. The number of hydrogen-bond acceptors (Lipinski definition) is 4. The molecule has 1 fully saturated rings. The molecule has 0 bridgehead atoms. The monoisotopic (exact) mass is 378 g/mol. The summed E-state index contributed by atoms with van der Waals surface area (Å²) in [4.78, 5) is 20.9. The van der Waals surface area contributed by atoms with Crippen LogP contribution < -0.4 is 10.6 Å². The van der Waals surface area contributed by atoms with Gasteiger partial charge in [0.25, 0.3) is 5.91 Å². The van der Waals surface area contributed by atoms with E-state index in [9.17, 15) is 18.0 Å². The molecule has 0 saturated heterocycles. The highest BCUT2D eigenvalue weighted by atomic mass is 19.4. The van der Waals surface area contributed by atoms with Crippen molar-refractivity contribution >= 4 is 17.5 Å². The number of rotatable bonds is 4. The fraction of sp³-hybridized carbons (Fsp3) is 0.421. The number of nitrogens with one attached hydrogen (secondary N) is 2. The van der Waals surface area contributed by atoms with Gasteiger partial charge in [-0.05, 0) is 50.1 Å². The average molecular weight is 378 g/mol. The Morgan fingerprint density at radius 3 is 2.37 bits per heavy atom. The molecule has 27 heavy (non-hydrogen) atoms. The second kappa shape index (κ2) is 7.94. The summed E-state index contributed by atoms with van der Waals surface area (Å²) in [6.45, 7) is 1.73. The van der Waals surface area contributed by atoms with E-state index in [4.69, 9.17) is 0 Å². The van der Waals surface area contributed by atoms with Crippen molar-refractivity contribution in [1.29, 1.82) is 0 Å². The van der Waals surface area contributed by atoms with Crippen LogP contribution in [-0.4, -0.2) is 21.9 Å². The molecule has 1 saturated carbocycles. The normalized spacial score (nSPS) is 15.4. The molecule has 144 valence electrons. The standard InChI is InChI=1S/C19H21F3N4O/c1-12-11-16(17(27)24-14-5-3-2-4-6-14)26-18(23-12)25-15-9-7-13(8-10-15)19(20,21)22/h7-11,14H,2-6H2,1H3,(H,24,27)(H,23,25,26). The maximum absolute atomic E-state index is 12.6. The van der Waals surface area contributed by atoms with Crippen molar-refractivity contribution in [3.63, 3.8) is 0 Å². The number of aryl methyl sites for hydroxylation is 1. The second-order valence-electron chi connectivity index (χ2n) is 6.73. The molecule has 1 aliphatic rings. The minimum absolute atomic E-state index is 0.160. The molecule has 3 rings (SSSR count). The van der Waals surface area contributed by atoms with Gasteiger partial charge in [0.15, 0.2) is 0 Å². The van der Waals surface area contributed by atoms with Crippen LogP contribution in [0, 0.1) is 6.92 Å². The zero-order chi connectivity index (χ0) is 19.4. The number of benzene rings is 1. The number of anilines is 2. The summed E-state index contributed by atoms with van der Waals surface area (Å²) in [6, 6.07) is 6.32. The number of nitrogens with zero attached hydrogens (tertiary/aromatic N) is 2. The van der Waals surface area contributed by atoms with Crippen LogP contribution in [-0.2, 0) is 6.18 Å². The first-order valence-electron chi connectivity index (χ1n) is 8.92. The molecule has 1 aromatic carbocycles. The van der Waals surface area contributed by atoms with Gasteiger partial charge in [-0.25, -0.2) is 9.97 Å². The van der Waals surface area contributed by atoms with Gasteiger partial charge >= 0.3 is 6.18 Å². The van der Waals surface area contributed by atoms with E-state index in [1.807, 2.05) is 0 Å². The number of halogens is 3. The number of aromatic nitrogens is 2. The van der Waals surface area contributed by atoms with Gasteiger partial charge in [-0.2, -0.15) is 13.2 Å². The molecular weight excluding hydrogens is 357 g/mol. The molecule has 0 spiro atoms. The van der Waals surface area contributed by atoms with E-state index in [2.05, 4.69) is 20.6 Å². The number of hydrogen-bond donors (Lipinski definition) is 2. The van der Waals surface area contributed by atoms with Crippen LogP contribution in [0.1, 0.15) is 53.8 Å². The zero-order valence-corrected chi connectivity index (χ0v) is 14.9. The first-order chi connectivity index (χ1) is 12.8. The van der Waals surface area contributed by atoms with Crippen LogP contribution >= 0.6 is 0 Å². The Morgan fingerprint density at radius 1 is 1.07 bits per heavy atom. The molecule has 1 amide bonds. The summed E-state index contributed by atoms with van der Waals surface area (Å²) in [5.74, 6) is -0.0913. The van der Waals surface area contributed by atoms with Crippen LogP contribution in [0.5, 0.6) is 0 Å². The lowest BCUT2D eigenvalue weighted by Crippen LogP contribution is -2.36. The Hall–Kier alpha value is -2.64. The van der Waals surface area contributed by atoms with E-state index < -0.39 is 11.7 Å². The van der Waals surface area contributed by atoms with Crippen molar-refractivity contribution in [3.05, 3.63) is 47.3 Å². The van der Waals surface area contributed by atoms with E-state index in [0.717, 1.165) is 37.8 Å². The van der Waals surface area contributed by atoms with Gasteiger partial charge < -0.3 is 10.6 Å². The summed E-state index contributed by atoms with van der Waals surface area (Å²) >= 11 is 0. The Balaban J connectivity index is 1.72. The van der Waals surface area contributed by atoms with Crippen LogP contribution in [0.3, 0.4) is 0 Å². The van der Waals surface area contributed by atoms with Crippen LogP contribution in [0.25, 0.3) is 0 Å². The summed E-state index contributed by atoms with van der Waals surface area (Å²) < 4.78 is 37.9. The molecular formula is C19H21F3N4O. The van der Waals surface area contributed by atoms with Gasteiger partial charge in [0.2, 0.25) is 5.95 Å². The number of alkyl halides is 3. The van der Waals surface area contributed by atoms with Crippen molar-refractivity contribution < 1.29 is 18.0 Å². The highest BCUT2D eigenvalue weighted by Gasteiger charge is 2.30. The second-order valence-corrected chi connectivity index (χ2v) is 6.73. The molecule has 0 radical (unpaired) electrons. The highest BCUT2D eigenvalue weighted by Crippen LogP contribution is 2.30. The van der Waals surface area contributed by atoms with Gasteiger partial charge in [0.1, 0.15) is 5.69 Å². The maximum atomic E-state index is 12.6. The molecule has 2 N–H and O–H groups in total. The van der Waals surface area contributed by atoms with Gasteiger partial charge in [0.05, 0.1) is 5.56 Å². The Bertz CT molecular complexity index is 800. The predicted molar refractivity (Wildman–Crippen MR) is 95.8 cm³/mol. The number of carbonyl (C=O) groups excluding carboxylic acids is 1. The van der Waals surface area contributed by atoms with Crippen molar-refractivity contribution in [2.75, 3.05) is 5.32 Å². The van der Waals surface area contributed by atoms with Crippen molar-refractivity contribution in [2.45, 2.75) is 51.2 Å².